The maximum atomic E-state index is 14.3. The van der Waals surface area contributed by atoms with E-state index in [0.29, 0.717) is 5.56 Å². The van der Waals surface area contributed by atoms with E-state index in [-0.39, 0.29) is 50.8 Å². The molecule has 0 spiro atoms. The van der Waals surface area contributed by atoms with Crippen LogP contribution in [0.4, 0.5) is 0 Å². The number of nitrogens with zero attached hydrogens (tertiary/aromatic N) is 1. The Morgan fingerprint density at radius 2 is 1.09 bits per heavy atom. The highest BCUT2D eigenvalue weighted by Gasteiger charge is 2.42. The molecule has 0 radical (unpaired) electrons. The molecule has 0 aliphatic carbocycles. The third kappa shape index (κ3) is 24.9. The van der Waals surface area contributed by atoms with Crippen molar-refractivity contribution in [3.8, 4) is 5.75 Å². The highest BCUT2D eigenvalue weighted by Crippen LogP contribution is 2.22. The largest absolute Gasteiger partial charge is 0.508 e. The van der Waals surface area contributed by atoms with Crippen molar-refractivity contribution in [3.63, 3.8) is 0 Å². The minimum atomic E-state index is -1.88. The number of aliphatic carboxylic acids is 3. The predicted octanol–water partition coefficient (Wildman–Crippen LogP) is -5.58. The molecule has 1 aromatic carbocycles. The number of aliphatic hydroxyl groups is 1. The van der Waals surface area contributed by atoms with Crippen molar-refractivity contribution in [1.29, 1.82) is 0 Å². The van der Waals surface area contributed by atoms with Crippen LogP contribution in [0.25, 0.3) is 0 Å². The van der Waals surface area contributed by atoms with Gasteiger partial charge >= 0.3 is 17.9 Å². The molecule has 33 heteroatoms. The monoisotopic (exact) mass is 1220 g/mol. The summed E-state index contributed by atoms with van der Waals surface area (Å²) < 4.78 is 0. The van der Waals surface area contributed by atoms with E-state index >= 15 is 0 Å². The van der Waals surface area contributed by atoms with E-state index in [1.54, 1.807) is 34.6 Å². The van der Waals surface area contributed by atoms with Crippen LogP contribution in [0.1, 0.15) is 105 Å². The second-order valence-electron chi connectivity index (χ2n) is 20.8. The quantitative estimate of drug-likeness (QED) is 0.0276. The molecule has 0 bridgehead atoms. The Morgan fingerprint density at radius 3 is 1.62 bits per heavy atom. The van der Waals surface area contributed by atoms with Crippen molar-refractivity contribution in [2.75, 3.05) is 26.2 Å². The van der Waals surface area contributed by atoms with Crippen LogP contribution in [0, 0.1) is 11.8 Å². The Labute approximate surface area is 493 Å². The van der Waals surface area contributed by atoms with Gasteiger partial charge in [0.1, 0.15) is 54.1 Å². The van der Waals surface area contributed by atoms with E-state index in [9.17, 15) is 97.1 Å². The number of phenols is 1. The van der Waals surface area contributed by atoms with Crippen LogP contribution in [0.5, 0.6) is 5.75 Å². The van der Waals surface area contributed by atoms with Crippen LogP contribution in [-0.4, -0.2) is 206 Å². The molecule has 12 amide bonds. The van der Waals surface area contributed by atoms with Crippen LogP contribution in [-0.2, 0) is 83.1 Å². The number of primary amides is 1. The smallest absolute Gasteiger partial charge is 0.305 e. The van der Waals surface area contributed by atoms with Gasteiger partial charge in [-0.25, -0.2) is 0 Å². The molecule has 0 saturated carbocycles. The van der Waals surface area contributed by atoms with Crippen LogP contribution >= 0.6 is 0 Å². The first-order valence-corrected chi connectivity index (χ1v) is 27.4. The summed E-state index contributed by atoms with van der Waals surface area (Å²) in [6.07, 6.45) is -2.88. The van der Waals surface area contributed by atoms with Crippen molar-refractivity contribution in [2.45, 2.75) is 160 Å². The van der Waals surface area contributed by atoms with Gasteiger partial charge in [-0.05, 0) is 61.6 Å². The zero-order valence-corrected chi connectivity index (χ0v) is 48.4. The molecular weight excluding hydrogens is 1140 g/mol. The fourth-order valence-corrected chi connectivity index (χ4v) is 8.55. The minimum Gasteiger partial charge on any atom is -0.508 e. The van der Waals surface area contributed by atoms with Crippen LogP contribution in [0.15, 0.2) is 24.3 Å². The molecule has 0 aromatic heterocycles. The maximum Gasteiger partial charge on any atom is 0.305 e. The van der Waals surface area contributed by atoms with E-state index in [1.807, 2.05) is 0 Å². The molecule has 1 aliphatic heterocycles. The summed E-state index contributed by atoms with van der Waals surface area (Å²) in [6, 6.07) is -8.19. The number of carboxylic acid groups (broad SMARTS) is 3. The summed E-state index contributed by atoms with van der Waals surface area (Å²) in [5, 5.41) is 70.1. The Bertz CT molecular complexity index is 2670. The molecular formula is C53H78N12O21. The molecule has 1 saturated heterocycles. The number of ketones is 1. The summed E-state index contributed by atoms with van der Waals surface area (Å²) in [5.74, 6) is -19.0. The Kier molecular flexibility index (Phi) is 30.3. The van der Waals surface area contributed by atoms with Gasteiger partial charge in [-0.3, -0.25) is 76.7 Å². The van der Waals surface area contributed by atoms with E-state index in [2.05, 4.69) is 53.2 Å². The molecule has 1 fully saturated rings. The average molecular weight is 1220 g/mol. The van der Waals surface area contributed by atoms with E-state index < -0.39 is 206 Å². The van der Waals surface area contributed by atoms with Crippen molar-refractivity contribution in [2.24, 2.45) is 17.6 Å². The molecule has 17 N–H and O–H groups in total. The number of nitrogens with two attached hydrogens (primary N) is 1. The van der Waals surface area contributed by atoms with Gasteiger partial charge in [-0.2, -0.15) is 0 Å². The number of benzene rings is 1. The molecule has 86 heavy (non-hydrogen) atoms. The number of carbonyl (C=O) groups excluding carboxylic acids is 13. The second-order valence-corrected chi connectivity index (χ2v) is 20.8. The molecule has 1 unspecified atom stereocenters. The van der Waals surface area contributed by atoms with Gasteiger partial charge in [0.15, 0.2) is 0 Å². The van der Waals surface area contributed by atoms with Gasteiger partial charge in [0.05, 0.1) is 32.2 Å². The summed E-state index contributed by atoms with van der Waals surface area (Å²) >= 11 is 0. The third-order valence-corrected chi connectivity index (χ3v) is 13.1. The Hall–Kier alpha value is -9.30. The zero-order valence-electron chi connectivity index (χ0n) is 48.4. The first kappa shape index (κ1) is 72.8. The van der Waals surface area contributed by atoms with E-state index in [0.717, 1.165) is 6.92 Å². The number of amides is 12. The number of hydrogen-bond acceptors (Lipinski definition) is 18. The summed E-state index contributed by atoms with van der Waals surface area (Å²) in [6.45, 7) is 6.23. The van der Waals surface area contributed by atoms with Crippen LogP contribution < -0.4 is 58.9 Å². The second kappa shape index (κ2) is 35.8. The number of hydrogen-bond donors (Lipinski definition) is 16. The molecule has 1 aromatic rings. The minimum absolute atomic E-state index is 0.0120. The lowest BCUT2D eigenvalue weighted by atomic mass is 9.98. The Morgan fingerprint density at radius 1 is 0.581 bits per heavy atom. The average Bonchev–Trinajstić information content (AvgIpc) is 4.16. The predicted molar refractivity (Wildman–Crippen MR) is 296 cm³/mol. The van der Waals surface area contributed by atoms with Gasteiger partial charge in [-0.1, -0.05) is 53.2 Å². The number of aromatic hydroxyl groups is 1. The SMILES string of the molecule is CCC[C@@H](NC(=O)[C@@H]1CCCN1C(=O)[C@@H](NC(=O)[C@@H](NC(=O)C(CCC(=O)O)NC(=O)[C@H](CCC(=O)O)NC(C)=O)C(C)C)C(C)C)C(=O)C(=O)NCC(=O)NCC(=O)N[C@H](CC(=O)O)C(=O)N[C@@H](Cc1ccc(O)cc1)C(=O)N[C@H](CO)C(N)=O. The first-order chi connectivity index (χ1) is 40.3. The van der Waals surface area contributed by atoms with Gasteiger partial charge in [0.25, 0.3) is 5.91 Å². The number of rotatable bonds is 37. The summed E-state index contributed by atoms with van der Waals surface area (Å²) in [4.78, 5) is 207. The number of Topliss-reactive ketones (excluding diaryl/α,β-unsaturated/α-hetero) is 1. The van der Waals surface area contributed by atoms with Crippen molar-refractivity contribution >= 4 is 94.6 Å². The fraction of sp³-hybridized carbons (Fsp3) is 0.585. The summed E-state index contributed by atoms with van der Waals surface area (Å²) in [7, 11) is 0. The van der Waals surface area contributed by atoms with E-state index in [1.165, 1.54) is 29.2 Å². The first-order valence-electron chi connectivity index (χ1n) is 27.4. The van der Waals surface area contributed by atoms with E-state index in [4.69, 9.17) is 10.8 Å². The van der Waals surface area contributed by atoms with Crippen molar-refractivity contribution < 1.29 is 102 Å². The lowest BCUT2D eigenvalue weighted by Crippen LogP contribution is -2.61. The van der Waals surface area contributed by atoms with Crippen LogP contribution in [0.3, 0.4) is 0 Å². The highest BCUT2D eigenvalue weighted by atomic mass is 16.4. The molecule has 9 atom stereocenters. The van der Waals surface area contributed by atoms with Crippen molar-refractivity contribution in [1.82, 2.24) is 58.1 Å². The number of likely N-dealkylation sites (tertiary alicyclic amines) is 1. The summed E-state index contributed by atoms with van der Waals surface area (Å²) in [5.41, 5.74) is 5.55. The highest BCUT2D eigenvalue weighted by molar-refractivity contribution is 6.38. The third-order valence-electron chi connectivity index (χ3n) is 13.1. The van der Waals surface area contributed by atoms with Gasteiger partial charge in [-0.15, -0.1) is 0 Å². The maximum absolute atomic E-state index is 14.3. The number of carbonyl (C=O) groups is 16. The number of phenolic OH excluding ortho intramolecular Hbond substituents is 1. The van der Waals surface area contributed by atoms with Gasteiger partial charge in [0.2, 0.25) is 70.8 Å². The molecule has 2 rings (SSSR count). The number of carboxylic acids is 3. The number of nitrogens with one attached hydrogen (secondary N) is 10. The number of aliphatic hydroxyl groups excluding tert-OH is 1. The molecule has 1 heterocycles. The normalized spacial score (nSPS) is 15.5. The van der Waals surface area contributed by atoms with Gasteiger partial charge < -0.3 is 89.3 Å². The van der Waals surface area contributed by atoms with Crippen LogP contribution in [0.2, 0.25) is 0 Å². The van der Waals surface area contributed by atoms with Gasteiger partial charge in [0, 0.05) is 32.7 Å². The topological polar surface area (TPSA) is 524 Å². The lowest BCUT2D eigenvalue weighted by Gasteiger charge is -2.33. The molecule has 1 aliphatic rings. The molecule has 476 valence electrons. The zero-order chi connectivity index (χ0) is 65.1. The lowest BCUT2D eigenvalue weighted by molar-refractivity contribution is -0.144. The molecule has 33 nitrogen and oxygen atoms in total. The van der Waals surface area contributed by atoms with Crippen molar-refractivity contribution in [3.05, 3.63) is 29.8 Å². The standard InChI is InChI=1S/C53H78N12O21/c1-7-9-30(44(77)52(85)56-22-37(69)55-23-38(70)58-34(21-41(75)76)49(82)61-33(20-28-11-13-29(68)14-12-28)48(81)62-35(24-66)45(54)78)59-50(83)36-10-8-19-65(36)53(86)43(26(4)5)64-51(84)42(25(2)3)63-47(80)32(16-18-40(73)74)60-46(79)31(57-27(6)67)15-17-39(71)72/h11-14,25-26,30-36,42-43,66,68H,7-10,15-24H2,1-6H3,(H2,54,78)(H,55,69)(H,56,85)(H,57,67)(H,58,70)(H,59,83)(H,60,79)(H,61,82)(H,62,81)(H,63,80)(H,64,84)(H,71,72)(H,73,74)(H,75,76)/t30-,31+,32?,33+,34-,35-,36+,42+,43+/m1/s1. The fourth-order valence-electron chi connectivity index (χ4n) is 8.55. The Balaban J connectivity index is 2.14.